The maximum Gasteiger partial charge on any atom is 0.0535 e. The van der Waals surface area contributed by atoms with Crippen molar-refractivity contribution in [3.05, 3.63) is 98.1 Å². The molecule has 174 valence electrons. The highest BCUT2D eigenvalue weighted by atomic mass is 127. The molecule has 0 amide bonds. The van der Waals surface area contributed by atoms with Gasteiger partial charge < -0.3 is 0 Å². The van der Waals surface area contributed by atoms with Crippen LogP contribution in [0.1, 0.15) is 48.6 Å². The summed E-state index contributed by atoms with van der Waals surface area (Å²) >= 11 is 4.27. The molecule has 3 heteroatoms. The van der Waals surface area contributed by atoms with Gasteiger partial charge in [0.1, 0.15) is 0 Å². The molecule has 0 N–H and O–H groups in total. The fourth-order valence-electron chi connectivity index (χ4n) is 3.13. The van der Waals surface area contributed by atoms with Gasteiger partial charge in [-0.15, -0.1) is 11.8 Å². The lowest BCUT2D eigenvalue weighted by Crippen LogP contribution is -2.37. The van der Waals surface area contributed by atoms with Crippen LogP contribution in [-0.4, -0.2) is 13.8 Å². The highest BCUT2D eigenvalue weighted by Gasteiger charge is 2.34. The van der Waals surface area contributed by atoms with Crippen LogP contribution >= 0.6 is 34.4 Å². The third-order valence-electron chi connectivity index (χ3n) is 6.64. The standard InChI is InChI=1S/C31H33ISSi/c1-24-23-27(10-16-28(24)15-9-26-11-17-29(32)18-12-26)8-7-25-13-19-30(20-14-25)33-21-22-34(5,6)31(2,3)4/h10-14,16-20,23H,21-22H2,1-6H3. The van der Waals surface area contributed by atoms with Gasteiger partial charge in [-0.3, -0.25) is 0 Å². The predicted octanol–water partition coefficient (Wildman–Crippen LogP) is 9.00. The van der Waals surface area contributed by atoms with Crippen molar-refractivity contribution >= 4 is 42.4 Å². The molecule has 0 aliphatic rings. The monoisotopic (exact) mass is 592 g/mol. The highest BCUT2D eigenvalue weighted by Crippen LogP contribution is 2.39. The summed E-state index contributed by atoms with van der Waals surface area (Å²) in [6, 6.07) is 24.5. The molecule has 0 fully saturated rings. The largest absolute Gasteiger partial charge is 0.126 e. The molecule has 0 saturated carbocycles. The fraction of sp³-hybridized carbons (Fsp3) is 0.290. The SMILES string of the molecule is Cc1cc(C#Cc2ccc(SCC[Si](C)(C)C(C)(C)C)cc2)ccc1C#Cc1ccc(I)cc1. The lowest BCUT2D eigenvalue weighted by atomic mass is 10.0. The summed E-state index contributed by atoms with van der Waals surface area (Å²) in [6.45, 7) is 14.3. The van der Waals surface area contributed by atoms with Crippen LogP contribution in [0.25, 0.3) is 0 Å². The van der Waals surface area contributed by atoms with E-state index >= 15 is 0 Å². The molecule has 0 spiro atoms. The number of hydrogen-bond donors (Lipinski definition) is 0. The van der Waals surface area contributed by atoms with Crippen molar-refractivity contribution in [3.63, 3.8) is 0 Å². The first-order valence-corrected chi connectivity index (χ1v) is 16.9. The molecule has 3 aromatic carbocycles. The minimum Gasteiger partial charge on any atom is -0.126 e. The first kappa shape index (κ1) is 26.7. The van der Waals surface area contributed by atoms with E-state index in [0.717, 1.165) is 27.8 Å². The van der Waals surface area contributed by atoms with Crippen molar-refractivity contribution in [1.82, 2.24) is 0 Å². The second kappa shape index (κ2) is 11.7. The van der Waals surface area contributed by atoms with Gasteiger partial charge in [-0.2, -0.15) is 0 Å². The smallest absolute Gasteiger partial charge is 0.0535 e. The van der Waals surface area contributed by atoms with Crippen LogP contribution in [0.15, 0.2) is 71.6 Å². The van der Waals surface area contributed by atoms with Gasteiger partial charge in [-0.05, 0) is 119 Å². The van der Waals surface area contributed by atoms with Crippen molar-refractivity contribution < 1.29 is 0 Å². The number of benzene rings is 3. The van der Waals surface area contributed by atoms with Crippen molar-refractivity contribution in [1.29, 1.82) is 0 Å². The molecule has 0 unspecified atom stereocenters. The van der Waals surface area contributed by atoms with E-state index in [4.69, 9.17) is 0 Å². The number of rotatable bonds is 4. The van der Waals surface area contributed by atoms with Crippen LogP contribution in [-0.2, 0) is 0 Å². The molecular weight excluding hydrogens is 559 g/mol. The maximum atomic E-state index is 3.31. The van der Waals surface area contributed by atoms with Crippen LogP contribution in [0.5, 0.6) is 0 Å². The molecule has 0 aromatic heterocycles. The van der Waals surface area contributed by atoms with Gasteiger partial charge in [0.05, 0.1) is 8.07 Å². The van der Waals surface area contributed by atoms with Crippen LogP contribution in [0.4, 0.5) is 0 Å². The van der Waals surface area contributed by atoms with Crippen LogP contribution in [0.2, 0.25) is 24.2 Å². The molecule has 0 aliphatic heterocycles. The average molecular weight is 593 g/mol. The molecule has 3 rings (SSSR count). The van der Waals surface area contributed by atoms with E-state index in [1.165, 1.54) is 20.3 Å². The number of thioether (sulfide) groups is 1. The highest BCUT2D eigenvalue weighted by molar-refractivity contribution is 14.1. The van der Waals surface area contributed by atoms with E-state index < -0.39 is 8.07 Å². The lowest BCUT2D eigenvalue weighted by Gasteiger charge is -2.37. The Balaban J connectivity index is 1.60. The van der Waals surface area contributed by atoms with Gasteiger partial charge in [0.15, 0.2) is 0 Å². The number of hydrogen-bond acceptors (Lipinski definition) is 1. The molecule has 0 heterocycles. The summed E-state index contributed by atoms with van der Waals surface area (Å²) in [6.07, 6.45) is 0. The van der Waals surface area contributed by atoms with Gasteiger partial charge >= 0.3 is 0 Å². The zero-order valence-corrected chi connectivity index (χ0v) is 25.0. The van der Waals surface area contributed by atoms with Crippen LogP contribution in [0.3, 0.4) is 0 Å². The zero-order valence-electron chi connectivity index (χ0n) is 21.1. The minimum absolute atomic E-state index is 0.455. The average Bonchev–Trinajstić information content (AvgIpc) is 2.78. The van der Waals surface area contributed by atoms with Crippen LogP contribution < -0.4 is 0 Å². The molecule has 0 nitrogen and oxygen atoms in total. The van der Waals surface area contributed by atoms with Crippen LogP contribution in [0, 0.1) is 34.2 Å². The fourth-order valence-corrected chi connectivity index (χ4v) is 7.26. The molecule has 0 saturated heterocycles. The Morgan fingerprint density at radius 1 is 0.765 bits per heavy atom. The lowest BCUT2D eigenvalue weighted by molar-refractivity contribution is 0.716. The summed E-state index contributed by atoms with van der Waals surface area (Å²) < 4.78 is 1.22. The Morgan fingerprint density at radius 3 is 1.88 bits per heavy atom. The normalized spacial score (nSPS) is 11.3. The molecule has 0 radical (unpaired) electrons. The van der Waals surface area contributed by atoms with E-state index in [-0.39, 0.29) is 0 Å². The Kier molecular flexibility index (Phi) is 9.16. The molecule has 0 bridgehead atoms. The van der Waals surface area contributed by atoms with Gasteiger partial charge in [0.25, 0.3) is 0 Å². The summed E-state index contributed by atoms with van der Waals surface area (Å²) in [5.41, 5.74) is 5.30. The Bertz CT molecular complexity index is 1240. The summed E-state index contributed by atoms with van der Waals surface area (Å²) in [4.78, 5) is 1.33. The zero-order chi connectivity index (χ0) is 24.8. The number of aryl methyl sites for hydroxylation is 1. The second-order valence-corrected chi connectivity index (χ2v) is 18.5. The Morgan fingerprint density at radius 2 is 1.29 bits per heavy atom. The van der Waals surface area contributed by atoms with Gasteiger partial charge in [-0.25, -0.2) is 0 Å². The molecule has 0 atom stereocenters. The summed E-state index contributed by atoms with van der Waals surface area (Å²) in [7, 11) is -1.21. The van der Waals surface area contributed by atoms with Crippen molar-refractivity contribution in [2.24, 2.45) is 0 Å². The summed E-state index contributed by atoms with van der Waals surface area (Å²) in [5.74, 6) is 14.4. The maximum absolute atomic E-state index is 3.31. The van der Waals surface area contributed by atoms with E-state index in [2.05, 4.69) is 154 Å². The van der Waals surface area contributed by atoms with E-state index in [0.29, 0.717) is 5.04 Å². The van der Waals surface area contributed by atoms with Crippen molar-refractivity contribution in [3.8, 4) is 23.7 Å². The third kappa shape index (κ3) is 7.81. The Labute approximate surface area is 225 Å². The van der Waals surface area contributed by atoms with E-state index in [9.17, 15) is 0 Å². The quantitative estimate of drug-likeness (QED) is 0.126. The Hall–Kier alpha value is -1.92. The van der Waals surface area contributed by atoms with Crippen molar-refractivity contribution in [2.45, 2.75) is 56.8 Å². The van der Waals surface area contributed by atoms with E-state index in [1.807, 2.05) is 11.8 Å². The second-order valence-electron chi connectivity index (χ2n) is 10.3. The molecule has 3 aromatic rings. The van der Waals surface area contributed by atoms with E-state index in [1.54, 1.807) is 0 Å². The van der Waals surface area contributed by atoms with Crippen molar-refractivity contribution in [2.75, 3.05) is 5.75 Å². The first-order valence-electron chi connectivity index (χ1n) is 11.7. The topological polar surface area (TPSA) is 0 Å². The minimum atomic E-state index is -1.21. The third-order valence-corrected chi connectivity index (χ3v) is 14.3. The first-order chi connectivity index (χ1) is 16.0. The molecule has 34 heavy (non-hydrogen) atoms. The molecular formula is C31H33ISSi. The molecule has 0 aliphatic carbocycles. The van der Waals surface area contributed by atoms with Gasteiger partial charge in [0.2, 0.25) is 0 Å². The predicted molar refractivity (Wildman–Crippen MR) is 161 cm³/mol. The van der Waals surface area contributed by atoms with Gasteiger partial charge in [-0.1, -0.05) is 57.5 Å². The summed E-state index contributed by atoms with van der Waals surface area (Å²) in [5, 5.41) is 0.455. The number of halogens is 1. The van der Waals surface area contributed by atoms with Gasteiger partial charge in [0, 0.05) is 30.7 Å².